The molecule has 0 amide bonds. The Bertz CT molecular complexity index is 336. The van der Waals surface area contributed by atoms with Gasteiger partial charge in [0.15, 0.2) is 0 Å². The van der Waals surface area contributed by atoms with E-state index in [1.54, 1.807) is 7.11 Å². The number of nitrogens with one attached hydrogen (secondary N) is 1. The summed E-state index contributed by atoms with van der Waals surface area (Å²) in [5.74, 6) is 1.77. The molecule has 0 aliphatic carbocycles. The van der Waals surface area contributed by atoms with Crippen molar-refractivity contribution in [3.05, 3.63) is 29.8 Å². The second kappa shape index (κ2) is 5.32. The maximum atomic E-state index is 5.22. The first-order valence-electron chi connectivity index (χ1n) is 5.80. The molecular weight excluding hydrogens is 200 g/mol. The van der Waals surface area contributed by atoms with Crippen LogP contribution in [0.3, 0.4) is 0 Å². The van der Waals surface area contributed by atoms with Crippen molar-refractivity contribution in [2.75, 3.05) is 33.8 Å². The molecule has 1 aromatic carbocycles. The van der Waals surface area contributed by atoms with Gasteiger partial charge in [0, 0.05) is 26.2 Å². The molecule has 0 atom stereocenters. The van der Waals surface area contributed by atoms with Gasteiger partial charge in [-0.1, -0.05) is 12.1 Å². The summed E-state index contributed by atoms with van der Waals surface area (Å²) in [6, 6.07) is 8.29. The molecule has 1 N–H and O–H groups in total. The van der Waals surface area contributed by atoms with E-state index < -0.39 is 0 Å². The van der Waals surface area contributed by atoms with E-state index in [9.17, 15) is 0 Å². The zero-order valence-corrected chi connectivity index (χ0v) is 10.1. The lowest BCUT2D eigenvalue weighted by Crippen LogP contribution is -2.47. The SMILES string of the molecule is COc1cccc(CN(C)CC2CNC2)c1. The quantitative estimate of drug-likeness (QED) is 0.810. The van der Waals surface area contributed by atoms with Crippen LogP contribution in [-0.4, -0.2) is 38.7 Å². The van der Waals surface area contributed by atoms with Gasteiger partial charge in [-0.15, -0.1) is 0 Å². The van der Waals surface area contributed by atoms with Crippen molar-refractivity contribution in [2.24, 2.45) is 5.92 Å². The minimum atomic E-state index is 0.829. The second-order valence-corrected chi connectivity index (χ2v) is 4.57. The first-order valence-corrected chi connectivity index (χ1v) is 5.80. The fourth-order valence-electron chi connectivity index (χ4n) is 2.07. The molecule has 1 saturated heterocycles. The molecule has 0 saturated carbocycles. The second-order valence-electron chi connectivity index (χ2n) is 4.57. The average Bonchev–Trinajstić information content (AvgIpc) is 2.24. The van der Waals surface area contributed by atoms with Gasteiger partial charge in [0.05, 0.1) is 7.11 Å². The summed E-state index contributed by atoms with van der Waals surface area (Å²) in [5.41, 5.74) is 1.31. The number of hydrogen-bond donors (Lipinski definition) is 1. The summed E-state index contributed by atoms with van der Waals surface area (Å²) >= 11 is 0. The summed E-state index contributed by atoms with van der Waals surface area (Å²) in [6.07, 6.45) is 0. The molecular formula is C13H20N2O. The highest BCUT2D eigenvalue weighted by Crippen LogP contribution is 2.14. The molecule has 2 rings (SSSR count). The molecule has 1 aliphatic heterocycles. The molecule has 0 radical (unpaired) electrons. The van der Waals surface area contributed by atoms with Crippen molar-refractivity contribution >= 4 is 0 Å². The molecule has 0 unspecified atom stereocenters. The lowest BCUT2D eigenvalue weighted by atomic mass is 10.0. The van der Waals surface area contributed by atoms with Gasteiger partial charge in [-0.25, -0.2) is 0 Å². The number of hydrogen-bond acceptors (Lipinski definition) is 3. The van der Waals surface area contributed by atoms with Crippen molar-refractivity contribution in [1.29, 1.82) is 0 Å². The van der Waals surface area contributed by atoms with Crippen molar-refractivity contribution in [3.8, 4) is 5.75 Å². The van der Waals surface area contributed by atoms with E-state index in [-0.39, 0.29) is 0 Å². The molecule has 1 heterocycles. The molecule has 1 fully saturated rings. The lowest BCUT2D eigenvalue weighted by Gasteiger charge is -2.31. The number of nitrogens with zero attached hydrogens (tertiary/aromatic N) is 1. The van der Waals surface area contributed by atoms with E-state index in [4.69, 9.17) is 4.74 Å². The molecule has 16 heavy (non-hydrogen) atoms. The van der Waals surface area contributed by atoms with Gasteiger partial charge < -0.3 is 15.0 Å². The Kier molecular flexibility index (Phi) is 3.80. The van der Waals surface area contributed by atoms with Gasteiger partial charge in [-0.3, -0.25) is 0 Å². The molecule has 88 valence electrons. The van der Waals surface area contributed by atoms with E-state index in [1.807, 2.05) is 12.1 Å². The molecule has 0 spiro atoms. The minimum absolute atomic E-state index is 0.829. The molecule has 0 aromatic heterocycles. The highest BCUT2D eigenvalue weighted by atomic mass is 16.5. The average molecular weight is 220 g/mol. The predicted molar refractivity (Wildman–Crippen MR) is 65.7 cm³/mol. The van der Waals surface area contributed by atoms with E-state index >= 15 is 0 Å². The fourth-order valence-corrected chi connectivity index (χ4v) is 2.07. The van der Waals surface area contributed by atoms with Gasteiger partial charge in [0.2, 0.25) is 0 Å². The van der Waals surface area contributed by atoms with Crippen molar-refractivity contribution in [1.82, 2.24) is 10.2 Å². The maximum absolute atomic E-state index is 5.22. The van der Waals surface area contributed by atoms with Crippen LogP contribution in [0, 0.1) is 5.92 Å². The molecule has 1 aromatic rings. The monoisotopic (exact) mass is 220 g/mol. The fraction of sp³-hybridized carbons (Fsp3) is 0.538. The van der Waals surface area contributed by atoms with Crippen LogP contribution in [0.1, 0.15) is 5.56 Å². The van der Waals surface area contributed by atoms with Crippen LogP contribution < -0.4 is 10.1 Å². The van der Waals surface area contributed by atoms with Crippen LogP contribution in [0.25, 0.3) is 0 Å². The number of benzene rings is 1. The van der Waals surface area contributed by atoms with E-state index in [1.165, 1.54) is 25.2 Å². The summed E-state index contributed by atoms with van der Waals surface area (Å²) < 4.78 is 5.22. The van der Waals surface area contributed by atoms with Crippen molar-refractivity contribution in [3.63, 3.8) is 0 Å². The number of ether oxygens (including phenoxy) is 1. The molecule has 0 bridgehead atoms. The minimum Gasteiger partial charge on any atom is -0.497 e. The highest BCUT2D eigenvalue weighted by Gasteiger charge is 2.18. The van der Waals surface area contributed by atoms with E-state index in [0.29, 0.717) is 0 Å². The molecule has 3 heteroatoms. The van der Waals surface area contributed by atoms with Gasteiger partial charge in [0.25, 0.3) is 0 Å². The first-order chi connectivity index (χ1) is 7.78. The van der Waals surface area contributed by atoms with Gasteiger partial charge >= 0.3 is 0 Å². The summed E-state index contributed by atoms with van der Waals surface area (Å²) in [5, 5.41) is 3.30. The zero-order chi connectivity index (χ0) is 11.4. The zero-order valence-electron chi connectivity index (χ0n) is 10.1. The Morgan fingerprint density at radius 2 is 2.25 bits per heavy atom. The number of rotatable bonds is 5. The topological polar surface area (TPSA) is 24.5 Å². The van der Waals surface area contributed by atoms with Crippen LogP contribution in [0.5, 0.6) is 5.75 Å². The molecule has 1 aliphatic rings. The first kappa shape index (κ1) is 11.4. The Morgan fingerprint density at radius 1 is 1.44 bits per heavy atom. The third-order valence-electron chi connectivity index (χ3n) is 3.02. The largest absolute Gasteiger partial charge is 0.497 e. The van der Waals surface area contributed by atoms with Crippen molar-refractivity contribution in [2.45, 2.75) is 6.54 Å². The Labute approximate surface area is 97.4 Å². The lowest BCUT2D eigenvalue weighted by molar-refractivity contribution is 0.218. The normalized spacial score (nSPS) is 16.2. The Balaban J connectivity index is 1.86. The highest BCUT2D eigenvalue weighted by molar-refractivity contribution is 5.28. The smallest absolute Gasteiger partial charge is 0.119 e. The Hall–Kier alpha value is -1.06. The van der Waals surface area contributed by atoms with E-state index in [0.717, 1.165) is 18.2 Å². The van der Waals surface area contributed by atoms with Gasteiger partial charge in [-0.05, 0) is 30.7 Å². The molecule has 3 nitrogen and oxygen atoms in total. The summed E-state index contributed by atoms with van der Waals surface area (Å²) in [4.78, 5) is 2.38. The van der Waals surface area contributed by atoms with Gasteiger partial charge in [0.1, 0.15) is 5.75 Å². The maximum Gasteiger partial charge on any atom is 0.119 e. The van der Waals surface area contributed by atoms with E-state index in [2.05, 4.69) is 29.4 Å². The summed E-state index contributed by atoms with van der Waals surface area (Å²) in [6.45, 7) is 4.50. The van der Waals surface area contributed by atoms with Crippen LogP contribution in [0.15, 0.2) is 24.3 Å². The third-order valence-corrected chi connectivity index (χ3v) is 3.02. The van der Waals surface area contributed by atoms with Crippen LogP contribution in [0.2, 0.25) is 0 Å². The summed E-state index contributed by atoms with van der Waals surface area (Å²) in [7, 11) is 3.89. The third kappa shape index (κ3) is 2.97. The van der Waals surface area contributed by atoms with Crippen molar-refractivity contribution < 1.29 is 4.74 Å². The predicted octanol–water partition coefficient (Wildman–Crippen LogP) is 1.35. The van der Waals surface area contributed by atoms with Crippen LogP contribution in [0.4, 0.5) is 0 Å². The van der Waals surface area contributed by atoms with Crippen LogP contribution >= 0.6 is 0 Å². The van der Waals surface area contributed by atoms with Gasteiger partial charge in [-0.2, -0.15) is 0 Å². The standard InChI is InChI=1S/C13H20N2O/c1-15(10-12-7-14-8-12)9-11-4-3-5-13(6-11)16-2/h3-6,12,14H,7-10H2,1-2H3. The Morgan fingerprint density at radius 3 is 2.88 bits per heavy atom. The number of methoxy groups -OCH3 is 1. The van der Waals surface area contributed by atoms with Crippen LogP contribution in [-0.2, 0) is 6.54 Å².